The van der Waals surface area contributed by atoms with Gasteiger partial charge in [-0.2, -0.15) is 10.1 Å². The number of carbonyl (C=O) groups is 2. The van der Waals surface area contributed by atoms with Gasteiger partial charge >= 0.3 is 6.03 Å². The van der Waals surface area contributed by atoms with Crippen LogP contribution < -0.4 is 20.4 Å². The Morgan fingerprint density at radius 3 is 2.64 bits per heavy atom. The van der Waals surface area contributed by atoms with E-state index in [-0.39, 0.29) is 23.0 Å². The van der Waals surface area contributed by atoms with Gasteiger partial charge in [-0.3, -0.25) is 19.3 Å². The Bertz CT molecular complexity index is 1670. The van der Waals surface area contributed by atoms with Crippen molar-refractivity contribution in [1.82, 2.24) is 24.6 Å². The van der Waals surface area contributed by atoms with Gasteiger partial charge in [-0.1, -0.05) is 41.9 Å². The number of carbonyl (C=O) groups excluding carboxylic acids is 2. The van der Waals surface area contributed by atoms with Crippen LogP contribution in [0.2, 0.25) is 5.15 Å². The van der Waals surface area contributed by atoms with Crippen LogP contribution >= 0.6 is 11.6 Å². The highest BCUT2D eigenvalue weighted by atomic mass is 35.5. The zero-order valence-corrected chi connectivity index (χ0v) is 24.9. The van der Waals surface area contributed by atoms with Crippen molar-refractivity contribution in [2.75, 3.05) is 59.8 Å². The zero-order chi connectivity index (χ0) is 30.5. The molecular formula is C31H32ClN9O3. The lowest BCUT2D eigenvalue weighted by Crippen LogP contribution is -2.40. The predicted octanol–water partition coefficient (Wildman–Crippen LogP) is 4.75. The number of benzene rings is 2. The summed E-state index contributed by atoms with van der Waals surface area (Å²) < 4.78 is 6.96. The Balaban J connectivity index is 1.30. The molecule has 0 unspecified atom stereocenters. The molecule has 2 aliphatic heterocycles. The minimum Gasteiger partial charge on any atom is -0.379 e. The number of aromatic nitrogens is 4. The number of nitrogens with zero attached hydrogens (tertiary/aromatic N) is 7. The summed E-state index contributed by atoms with van der Waals surface area (Å²) in [5, 5.41) is 10.5. The lowest BCUT2D eigenvalue weighted by Gasteiger charge is -2.28. The van der Waals surface area contributed by atoms with Crippen LogP contribution in [-0.4, -0.2) is 76.0 Å². The van der Waals surface area contributed by atoms with E-state index in [1.807, 2.05) is 42.5 Å². The molecule has 2 aromatic carbocycles. The van der Waals surface area contributed by atoms with E-state index in [4.69, 9.17) is 21.3 Å². The van der Waals surface area contributed by atoms with E-state index in [2.05, 4.69) is 25.6 Å². The van der Waals surface area contributed by atoms with Crippen LogP contribution in [-0.2, 0) is 23.0 Å². The van der Waals surface area contributed by atoms with Gasteiger partial charge in [-0.05, 0) is 36.8 Å². The van der Waals surface area contributed by atoms with Crippen molar-refractivity contribution in [3.8, 4) is 0 Å². The fraction of sp³-hybridized carbons (Fsp3) is 0.258. The molecule has 226 valence electrons. The monoisotopic (exact) mass is 613 g/mol. The third-order valence-corrected chi connectivity index (χ3v) is 7.57. The van der Waals surface area contributed by atoms with Gasteiger partial charge in [0.15, 0.2) is 5.15 Å². The minimum absolute atomic E-state index is 0.258. The molecule has 0 spiro atoms. The second kappa shape index (κ2) is 13.2. The zero-order valence-electron chi connectivity index (χ0n) is 24.2. The van der Waals surface area contributed by atoms with Crippen LogP contribution in [0.4, 0.5) is 39.3 Å². The van der Waals surface area contributed by atoms with Crippen LogP contribution in [0.3, 0.4) is 0 Å². The van der Waals surface area contributed by atoms with Crippen LogP contribution in [0.1, 0.15) is 5.56 Å². The van der Waals surface area contributed by atoms with E-state index >= 15 is 0 Å². The number of urea groups is 1. The van der Waals surface area contributed by atoms with Gasteiger partial charge in [0.05, 0.1) is 24.6 Å². The number of aryl methyl sites for hydroxylation is 1. The van der Waals surface area contributed by atoms with Crippen molar-refractivity contribution in [2.24, 2.45) is 7.05 Å². The Morgan fingerprint density at radius 1 is 1.07 bits per heavy atom. The number of amides is 3. The normalized spacial score (nSPS) is 15.7. The third-order valence-electron chi connectivity index (χ3n) is 7.29. The first kappa shape index (κ1) is 29.3. The number of hydrogen-bond acceptors (Lipinski definition) is 8. The van der Waals surface area contributed by atoms with Gasteiger partial charge in [-0.15, -0.1) is 0 Å². The van der Waals surface area contributed by atoms with E-state index in [9.17, 15) is 9.59 Å². The molecule has 12 nitrogen and oxygen atoms in total. The first-order valence-electron chi connectivity index (χ1n) is 14.3. The number of anilines is 6. The molecule has 4 aromatic rings. The molecule has 2 aliphatic rings. The molecular weight excluding hydrogens is 582 g/mol. The maximum Gasteiger partial charge on any atom is 0.334 e. The quantitative estimate of drug-likeness (QED) is 0.273. The van der Waals surface area contributed by atoms with Crippen molar-refractivity contribution in [3.05, 3.63) is 89.9 Å². The van der Waals surface area contributed by atoms with E-state index in [0.717, 1.165) is 24.3 Å². The van der Waals surface area contributed by atoms with Gasteiger partial charge in [0, 0.05) is 68.6 Å². The smallest absolute Gasteiger partial charge is 0.334 e. The van der Waals surface area contributed by atoms with Crippen LogP contribution in [0, 0.1) is 0 Å². The molecule has 1 fully saturated rings. The summed E-state index contributed by atoms with van der Waals surface area (Å²) in [5.74, 6) is 0.436. The Labute approximate surface area is 259 Å². The Kier molecular flexibility index (Phi) is 8.82. The van der Waals surface area contributed by atoms with Crippen LogP contribution in [0.5, 0.6) is 0 Å². The molecule has 6 rings (SSSR count). The standard InChI is InChI=1S/C31H32ClN9O3/c1-38-21-26(28(32)37-38)35-30-33-20-22-12-14-40(24-8-3-2-4-9-24)31(43)41(29(22)36-30)25-10-5-7-23(19-25)34-27(42)11-6-13-39-15-17-44-18-16-39/h2-11,19-21H,12-18H2,1H3,(H,34,42)(H,33,35,36)/b11-6+. The van der Waals surface area contributed by atoms with Crippen molar-refractivity contribution in [2.45, 2.75) is 6.42 Å². The number of nitrogens with one attached hydrogen (secondary N) is 2. The second-order valence-electron chi connectivity index (χ2n) is 10.4. The van der Waals surface area contributed by atoms with Crippen molar-refractivity contribution in [3.63, 3.8) is 0 Å². The fourth-order valence-electron chi connectivity index (χ4n) is 5.11. The van der Waals surface area contributed by atoms with Crippen LogP contribution in [0.25, 0.3) is 0 Å². The third kappa shape index (κ3) is 6.72. The number of rotatable bonds is 8. The first-order chi connectivity index (χ1) is 21.4. The second-order valence-corrected chi connectivity index (χ2v) is 10.7. The molecule has 44 heavy (non-hydrogen) atoms. The number of morpholine rings is 1. The highest BCUT2D eigenvalue weighted by Crippen LogP contribution is 2.35. The lowest BCUT2D eigenvalue weighted by molar-refractivity contribution is -0.111. The summed E-state index contributed by atoms with van der Waals surface area (Å²) in [4.78, 5) is 41.8. The molecule has 3 amide bonds. The molecule has 0 atom stereocenters. The molecule has 1 saturated heterocycles. The summed E-state index contributed by atoms with van der Waals surface area (Å²) in [6.07, 6.45) is 7.34. The number of fused-ring (bicyclic) bond motifs is 1. The molecule has 0 saturated carbocycles. The largest absolute Gasteiger partial charge is 0.379 e. The van der Waals surface area contributed by atoms with Crippen molar-refractivity contribution >= 4 is 58.1 Å². The van der Waals surface area contributed by atoms with Gasteiger partial charge < -0.3 is 15.4 Å². The lowest BCUT2D eigenvalue weighted by atomic mass is 10.2. The highest BCUT2D eigenvalue weighted by molar-refractivity contribution is 6.32. The van der Waals surface area contributed by atoms with Gasteiger partial charge in [0.2, 0.25) is 11.9 Å². The Morgan fingerprint density at radius 2 is 1.86 bits per heavy atom. The molecule has 2 aromatic heterocycles. The molecule has 13 heteroatoms. The number of para-hydroxylation sites is 1. The first-order valence-corrected chi connectivity index (χ1v) is 14.7. The van der Waals surface area contributed by atoms with Gasteiger partial charge in [-0.25, -0.2) is 14.7 Å². The minimum atomic E-state index is -0.284. The number of hydrogen-bond donors (Lipinski definition) is 2. The van der Waals surface area contributed by atoms with Crippen LogP contribution in [0.15, 0.2) is 79.1 Å². The summed E-state index contributed by atoms with van der Waals surface area (Å²) >= 11 is 6.26. The molecule has 0 aliphatic carbocycles. The number of halogens is 1. The fourth-order valence-corrected chi connectivity index (χ4v) is 5.33. The van der Waals surface area contributed by atoms with Crippen molar-refractivity contribution in [1.29, 1.82) is 0 Å². The van der Waals surface area contributed by atoms with Crippen molar-refractivity contribution < 1.29 is 14.3 Å². The SMILES string of the molecule is Cn1cc(Nc2ncc3c(n2)N(c2cccc(NC(=O)/C=C/CN4CCOCC4)c2)C(=O)N(c2ccccc2)CC3)c(Cl)n1. The summed E-state index contributed by atoms with van der Waals surface area (Å²) in [6, 6.07) is 16.4. The summed E-state index contributed by atoms with van der Waals surface area (Å²) in [5.41, 5.74) is 3.18. The molecule has 0 bridgehead atoms. The van der Waals surface area contributed by atoms with Gasteiger partial charge in [0.25, 0.3) is 0 Å². The highest BCUT2D eigenvalue weighted by Gasteiger charge is 2.32. The van der Waals surface area contributed by atoms with E-state index in [1.54, 1.807) is 52.1 Å². The van der Waals surface area contributed by atoms with Gasteiger partial charge in [0.1, 0.15) is 5.82 Å². The summed E-state index contributed by atoms with van der Waals surface area (Å²) in [6.45, 7) is 4.19. The average Bonchev–Trinajstić information content (AvgIpc) is 3.26. The molecule has 4 heterocycles. The number of ether oxygens (including phenoxy) is 1. The maximum absolute atomic E-state index is 14.3. The maximum atomic E-state index is 14.3. The molecule has 2 N–H and O–H groups in total. The Hall–Kier alpha value is -4.78. The molecule has 0 radical (unpaired) electrons. The van der Waals surface area contributed by atoms with E-state index in [0.29, 0.717) is 55.6 Å². The average molecular weight is 614 g/mol. The topological polar surface area (TPSA) is 121 Å². The van der Waals surface area contributed by atoms with E-state index in [1.165, 1.54) is 6.08 Å². The van der Waals surface area contributed by atoms with E-state index < -0.39 is 0 Å². The predicted molar refractivity (Wildman–Crippen MR) is 170 cm³/mol. The summed E-state index contributed by atoms with van der Waals surface area (Å²) in [7, 11) is 1.76.